The van der Waals surface area contributed by atoms with Gasteiger partial charge in [0.1, 0.15) is 5.82 Å². The van der Waals surface area contributed by atoms with Gasteiger partial charge in [0.25, 0.3) is 5.91 Å². The Kier molecular flexibility index (Phi) is 8.21. The van der Waals surface area contributed by atoms with Gasteiger partial charge in [0.05, 0.1) is 28.3 Å². The predicted molar refractivity (Wildman–Crippen MR) is 143 cm³/mol. The second-order valence-electron chi connectivity index (χ2n) is 8.42. The molecule has 3 aromatic rings. The largest absolute Gasteiger partial charge is 0.296 e. The number of amides is 1. The number of sulfone groups is 1. The highest BCUT2D eigenvalue weighted by atomic mass is 35.5. The van der Waals surface area contributed by atoms with Crippen molar-refractivity contribution in [2.75, 3.05) is 24.6 Å². The lowest BCUT2D eigenvalue weighted by molar-refractivity contribution is 0.0796. The third kappa shape index (κ3) is 6.33. The van der Waals surface area contributed by atoms with Crippen LogP contribution in [0, 0.1) is 30.1 Å². The van der Waals surface area contributed by atoms with E-state index in [4.69, 9.17) is 28.5 Å². The summed E-state index contributed by atoms with van der Waals surface area (Å²) in [5.41, 5.74) is 5.69. The number of hydrazine groups is 1. The molecule has 0 saturated carbocycles. The van der Waals surface area contributed by atoms with Crippen molar-refractivity contribution in [3.8, 4) is 35.0 Å². The van der Waals surface area contributed by atoms with Crippen LogP contribution >= 0.6 is 23.2 Å². The van der Waals surface area contributed by atoms with Gasteiger partial charge in [0, 0.05) is 47.8 Å². The third-order valence-electron chi connectivity index (χ3n) is 5.82. The van der Waals surface area contributed by atoms with Crippen molar-refractivity contribution in [3.05, 3.63) is 69.5 Å². The molecule has 2 heterocycles. The lowest BCUT2D eigenvalue weighted by Crippen LogP contribution is -2.50. The Morgan fingerprint density at radius 3 is 2.46 bits per heavy atom. The molecule has 0 atom stereocenters. The fourth-order valence-electron chi connectivity index (χ4n) is 3.88. The molecule has 11 heteroatoms. The predicted octanol–water partition coefficient (Wildman–Crippen LogP) is 4.19. The van der Waals surface area contributed by atoms with Gasteiger partial charge in [0.2, 0.25) is 0 Å². The van der Waals surface area contributed by atoms with E-state index < -0.39 is 15.7 Å². The van der Waals surface area contributed by atoms with Crippen molar-refractivity contribution in [1.82, 2.24) is 20.0 Å². The number of nitriles is 1. The minimum Gasteiger partial charge on any atom is -0.296 e. The number of imidazole rings is 1. The van der Waals surface area contributed by atoms with E-state index in [1.54, 1.807) is 30.1 Å². The smallest absolute Gasteiger partial charge is 0.286 e. The molecular formula is C26H23Cl2N5O3S. The summed E-state index contributed by atoms with van der Waals surface area (Å²) in [6, 6.07) is 14.6. The van der Waals surface area contributed by atoms with Crippen molar-refractivity contribution < 1.29 is 13.2 Å². The van der Waals surface area contributed by atoms with Gasteiger partial charge >= 0.3 is 0 Å². The fourth-order valence-corrected chi connectivity index (χ4v) is 5.58. The van der Waals surface area contributed by atoms with E-state index in [-0.39, 0.29) is 30.3 Å². The van der Waals surface area contributed by atoms with E-state index in [1.165, 1.54) is 0 Å². The maximum absolute atomic E-state index is 13.2. The van der Waals surface area contributed by atoms with Crippen molar-refractivity contribution in [1.29, 1.82) is 5.26 Å². The first-order valence-electron chi connectivity index (χ1n) is 11.5. The summed E-state index contributed by atoms with van der Waals surface area (Å²) < 4.78 is 25.3. The molecule has 1 aliphatic rings. The van der Waals surface area contributed by atoms with Crippen LogP contribution in [0.1, 0.15) is 34.6 Å². The van der Waals surface area contributed by atoms with Crippen LogP contribution in [0.3, 0.4) is 0 Å². The molecule has 0 radical (unpaired) electrons. The summed E-state index contributed by atoms with van der Waals surface area (Å²) in [6.07, 6.45) is 0.877. The van der Waals surface area contributed by atoms with Crippen LogP contribution in [0.15, 0.2) is 42.5 Å². The molecule has 4 rings (SSSR count). The molecule has 1 amide bonds. The van der Waals surface area contributed by atoms with Crippen LogP contribution in [0.5, 0.6) is 0 Å². The summed E-state index contributed by atoms with van der Waals surface area (Å²) in [5, 5.41) is 11.1. The third-order valence-corrected chi connectivity index (χ3v) is 7.98. The summed E-state index contributed by atoms with van der Waals surface area (Å²) in [4.78, 5) is 17.9. The maximum Gasteiger partial charge on any atom is 0.286 e. The summed E-state index contributed by atoms with van der Waals surface area (Å²) in [5.74, 6) is 5.99. The molecule has 0 aliphatic carbocycles. The molecule has 1 N–H and O–H groups in total. The van der Waals surface area contributed by atoms with Crippen molar-refractivity contribution in [2.24, 2.45) is 0 Å². The number of halogens is 2. The average molecular weight is 556 g/mol. The van der Waals surface area contributed by atoms with E-state index in [9.17, 15) is 13.2 Å². The first kappa shape index (κ1) is 26.7. The molecule has 1 saturated heterocycles. The minimum atomic E-state index is -3.08. The molecule has 190 valence electrons. The van der Waals surface area contributed by atoms with Gasteiger partial charge in [-0.15, -0.1) is 0 Å². The van der Waals surface area contributed by atoms with E-state index in [1.807, 2.05) is 28.8 Å². The highest BCUT2D eigenvalue weighted by molar-refractivity contribution is 7.91. The Bertz CT molecular complexity index is 1530. The monoisotopic (exact) mass is 555 g/mol. The van der Waals surface area contributed by atoms with Gasteiger partial charge in [-0.25, -0.2) is 18.4 Å². The molecule has 37 heavy (non-hydrogen) atoms. The quantitative estimate of drug-likeness (QED) is 0.373. The fraction of sp³-hybridized carbons (Fsp3) is 0.269. The Labute approximate surface area is 225 Å². The van der Waals surface area contributed by atoms with Crippen LogP contribution in [-0.4, -0.2) is 53.5 Å². The lowest BCUT2D eigenvalue weighted by atomic mass is 10.1. The molecule has 1 aromatic heterocycles. The van der Waals surface area contributed by atoms with E-state index in [2.05, 4.69) is 28.3 Å². The Morgan fingerprint density at radius 1 is 1.11 bits per heavy atom. The van der Waals surface area contributed by atoms with Crippen LogP contribution in [-0.2, 0) is 9.84 Å². The van der Waals surface area contributed by atoms with E-state index in [0.717, 1.165) is 11.3 Å². The number of carbonyl (C=O) groups is 1. The summed E-state index contributed by atoms with van der Waals surface area (Å²) in [7, 11) is -3.08. The highest BCUT2D eigenvalue weighted by Gasteiger charge is 2.27. The van der Waals surface area contributed by atoms with Gasteiger partial charge in [0.15, 0.2) is 15.5 Å². The van der Waals surface area contributed by atoms with Crippen molar-refractivity contribution >= 4 is 38.9 Å². The molecule has 1 fully saturated rings. The first-order valence-corrected chi connectivity index (χ1v) is 14.0. The second kappa shape index (κ2) is 11.4. The number of nitrogens with one attached hydrogen (secondary N) is 1. The zero-order valence-electron chi connectivity index (χ0n) is 20.0. The number of hydrogen-bond acceptors (Lipinski definition) is 6. The standard InChI is InChI=1S/C26H23Cl2N5O3S/c1-18-24(26(34)31-32-13-15-37(35,36)16-14-32)30-25(22-11-8-20(27)17-23(22)28)33(18)21-9-6-19(7-10-21)5-3-2-4-12-29/h6-11,17H,2,4,13-16H2,1H3,(H,31,34). The molecule has 8 nitrogen and oxygen atoms in total. The molecule has 1 aliphatic heterocycles. The topological polar surface area (TPSA) is 108 Å². The second-order valence-corrected chi connectivity index (χ2v) is 11.6. The van der Waals surface area contributed by atoms with Gasteiger partial charge < -0.3 is 0 Å². The lowest BCUT2D eigenvalue weighted by Gasteiger charge is -2.26. The van der Waals surface area contributed by atoms with Crippen LogP contribution in [0.4, 0.5) is 0 Å². The maximum atomic E-state index is 13.2. The molecule has 0 bridgehead atoms. The minimum absolute atomic E-state index is 0.0158. The Morgan fingerprint density at radius 2 is 1.81 bits per heavy atom. The zero-order chi connectivity index (χ0) is 26.6. The van der Waals surface area contributed by atoms with Crippen molar-refractivity contribution in [3.63, 3.8) is 0 Å². The first-order chi connectivity index (χ1) is 17.7. The Balaban J connectivity index is 1.71. The van der Waals surface area contributed by atoms with Crippen LogP contribution < -0.4 is 5.43 Å². The highest BCUT2D eigenvalue weighted by Crippen LogP contribution is 2.33. The van der Waals surface area contributed by atoms with Gasteiger partial charge in [-0.05, 0) is 49.4 Å². The summed E-state index contributed by atoms with van der Waals surface area (Å²) >= 11 is 12.6. The summed E-state index contributed by atoms with van der Waals surface area (Å²) in [6.45, 7) is 2.20. The zero-order valence-corrected chi connectivity index (χ0v) is 22.3. The number of carbonyl (C=O) groups excluding carboxylic acids is 1. The van der Waals surface area contributed by atoms with Gasteiger partial charge in [-0.2, -0.15) is 5.26 Å². The number of aromatic nitrogens is 2. The van der Waals surface area contributed by atoms with Gasteiger partial charge in [-0.1, -0.05) is 35.0 Å². The number of hydrogen-bond donors (Lipinski definition) is 1. The molecule has 0 spiro atoms. The van der Waals surface area contributed by atoms with E-state index in [0.29, 0.717) is 40.0 Å². The molecular weight excluding hydrogens is 533 g/mol. The number of benzene rings is 2. The number of nitrogens with zero attached hydrogens (tertiary/aromatic N) is 4. The van der Waals surface area contributed by atoms with Crippen LogP contribution in [0.2, 0.25) is 10.0 Å². The van der Waals surface area contributed by atoms with Gasteiger partial charge in [-0.3, -0.25) is 14.8 Å². The average Bonchev–Trinajstić information content (AvgIpc) is 3.20. The normalized spacial score (nSPS) is 14.9. The SMILES string of the molecule is Cc1c(C(=O)NN2CCS(=O)(=O)CC2)nc(-c2ccc(Cl)cc2Cl)n1-c1ccc(C#CCCC#N)cc1. The number of unbranched alkanes of at least 4 members (excludes halogenated alkanes) is 1. The Hall–Kier alpha value is -3.34. The number of rotatable bonds is 5. The molecule has 0 unspecified atom stereocenters. The van der Waals surface area contributed by atoms with E-state index >= 15 is 0 Å². The van der Waals surface area contributed by atoms with Crippen LogP contribution in [0.25, 0.3) is 17.1 Å². The van der Waals surface area contributed by atoms with Crippen molar-refractivity contribution in [2.45, 2.75) is 19.8 Å². The molecule has 2 aromatic carbocycles.